The number of hydrogen-bond acceptors (Lipinski definition) is 4. The number of likely N-dealkylation sites (tertiary alicyclic amines) is 1. The minimum atomic E-state index is -0.374. The van der Waals surface area contributed by atoms with E-state index < -0.39 is 0 Å². The van der Waals surface area contributed by atoms with Crippen molar-refractivity contribution >= 4 is 29.5 Å². The summed E-state index contributed by atoms with van der Waals surface area (Å²) in [6, 6.07) is 8.71. The molecule has 0 saturated carbocycles. The highest BCUT2D eigenvalue weighted by Crippen LogP contribution is 2.11. The molecule has 0 spiro atoms. The van der Waals surface area contributed by atoms with Crippen LogP contribution in [0.15, 0.2) is 30.3 Å². The Hall–Kier alpha value is -2.28. The largest absolute Gasteiger partial charge is 0.448 e. The fourth-order valence-electron chi connectivity index (χ4n) is 2.55. The number of nitrogens with one attached hydrogen (secondary N) is 2. The Morgan fingerprint density at radius 2 is 1.84 bits per heavy atom. The van der Waals surface area contributed by atoms with Crippen LogP contribution in [0.2, 0.25) is 0 Å². The summed E-state index contributed by atoms with van der Waals surface area (Å²) < 4.78 is 4.97. The Labute approximate surface area is 151 Å². The molecular formula is C17H22ClN3O4. The lowest BCUT2D eigenvalue weighted by atomic mass is 10.1. The van der Waals surface area contributed by atoms with Gasteiger partial charge in [-0.2, -0.15) is 0 Å². The summed E-state index contributed by atoms with van der Waals surface area (Å²) in [7, 11) is 0. The molecule has 0 unspecified atom stereocenters. The number of amides is 3. The van der Waals surface area contributed by atoms with Gasteiger partial charge < -0.3 is 20.3 Å². The fraction of sp³-hybridized carbons (Fsp3) is 0.471. The highest BCUT2D eigenvalue weighted by atomic mass is 35.5. The Morgan fingerprint density at radius 1 is 1.16 bits per heavy atom. The van der Waals surface area contributed by atoms with E-state index in [-0.39, 0.29) is 43.0 Å². The molecule has 1 fully saturated rings. The van der Waals surface area contributed by atoms with E-state index in [9.17, 15) is 14.4 Å². The molecule has 0 radical (unpaired) electrons. The summed E-state index contributed by atoms with van der Waals surface area (Å²) in [5, 5.41) is 5.47. The summed E-state index contributed by atoms with van der Waals surface area (Å²) in [5.41, 5.74) is 0.513. The molecular weight excluding hydrogens is 346 g/mol. The first kappa shape index (κ1) is 19.1. The molecule has 1 aromatic carbocycles. The van der Waals surface area contributed by atoms with Gasteiger partial charge in [0.2, 0.25) is 5.91 Å². The number of rotatable bonds is 6. The summed E-state index contributed by atoms with van der Waals surface area (Å²) in [4.78, 5) is 37.2. The van der Waals surface area contributed by atoms with Gasteiger partial charge in [0.05, 0.1) is 12.4 Å². The van der Waals surface area contributed by atoms with Crippen molar-refractivity contribution in [3.8, 4) is 0 Å². The van der Waals surface area contributed by atoms with Crippen LogP contribution < -0.4 is 10.6 Å². The fourth-order valence-corrected chi connectivity index (χ4v) is 2.63. The number of halogens is 1. The number of ether oxygens (including phenoxy) is 1. The van der Waals surface area contributed by atoms with Crippen LogP contribution in [0, 0.1) is 0 Å². The van der Waals surface area contributed by atoms with Gasteiger partial charge in [-0.3, -0.25) is 9.59 Å². The maximum Gasteiger partial charge on any atom is 0.409 e. The normalized spacial score (nSPS) is 14.7. The van der Waals surface area contributed by atoms with Gasteiger partial charge in [-0.05, 0) is 25.0 Å². The first-order valence-electron chi connectivity index (χ1n) is 8.20. The zero-order valence-electron chi connectivity index (χ0n) is 13.9. The zero-order chi connectivity index (χ0) is 18.1. The van der Waals surface area contributed by atoms with Gasteiger partial charge in [-0.1, -0.05) is 18.2 Å². The van der Waals surface area contributed by atoms with Crippen molar-refractivity contribution < 1.29 is 19.1 Å². The van der Waals surface area contributed by atoms with Gasteiger partial charge >= 0.3 is 6.09 Å². The smallest absolute Gasteiger partial charge is 0.409 e. The predicted molar refractivity (Wildman–Crippen MR) is 93.6 cm³/mol. The van der Waals surface area contributed by atoms with Crippen LogP contribution in [-0.4, -0.2) is 61.0 Å². The number of piperidine rings is 1. The molecule has 1 heterocycles. The topological polar surface area (TPSA) is 87.7 Å². The Balaban J connectivity index is 1.67. The second-order valence-corrected chi connectivity index (χ2v) is 6.06. The summed E-state index contributed by atoms with van der Waals surface area (Å²) in [6.07, 6.45) is 0.920. The number of benzene rings is 1. The maximum atomic E-state index is 12.0. The van der Waals surface area contributed by atoms with Crippen molar-refractivity contribution in [2.24, 2.45) is 0 Å². The number of alkyl halides is 1. The Morgan fingerprint density at radius 3 is 2.48 bits per heavy atom. The van der Waals surface area contributed by atoms with E-state index in [0.29, 0.717) is 31.5 Å². The van der Waals surface area contributed by atoms with Crippen LogP contribution in [0.4, 0.5) is 4.79 Å². The lowest BCUT2D eigenvalue weighted by molar-refractivity contribution is -0.121. The van der Waals surface area contributed by atoms with Crippen molar-refractivity contribution in [2.75, 3.05) is 32.1 Å². The number of hydrogen-bond donors (Lipinski definition) is 2. The van der Waals surface area contributed by atoms with E-state index in [0.717, 1.165) is 0 Å². The Bertz CT molecular complexity index is 589. The molecule has 2 N–H and O–H groups in total. The molecule has 0 aliphatic carbocycles. The van der Waals surface area contributed by atoms with E-state index in [1.54, 1.807) is 29.2 Å². The summed E-state index contributed by atoms with van der Waals surface area (Å²) >= 11 is 5.48. The van der Waals surface area contributed by atoms with E-state index >= 15 is 0 Å². The zero-order valence-corrected chi connectivity index (χ0v) is 14.6. The van der Waals surface area contributed by atoms with Crippen molar-refractivity contribution in [1.82, 2.24) is 15.5 Å². The third kappa shape index (κ3) is 6.26. The first-order valence-corrected chi connectivity index (χ1v) is 8.74. The number of carbonyl (C=O) groups is 3. The van der Waals surface area contributed by atoms with Crippen LogP contribution in [-0.2, 0) is 9.53 Å². The number of nitrogens with zero attached hydrogens (tertiary/aromatic N) is 1. The molecule has 136 valence electrons. The SMILES string of the molecule is O=C(CNC(=O)c1ccccc1)NC1CCN(C(=O)OCCCl)CC1. The molecule has 1 aromatic rings. The third-order valence-corrected chi connectivity index (χ3v) is 4.02. The van der Waals surface area contributed by atoms with Crippen molar-refractivity contribution in [2.45, 2.75) is 18.9 Å². The van der Waals surface area contributed by atoms with Gasteiger partial charge in [0.15, 0.2) is 0 Å². The van der Waals surface area contributed by atoms with E-state index in [1.807, 2.05) is 6.07 Å². The lowest BCUT2D eigenvalue weighted by Crippen LogP contribution is -2.48. The van der Waals surface area contributed by atoms with Crippen molar-refractivity contribution in [1.29, 1.82) is 0 Å². The van der Waals surface area contributed by atoms with Crippen molar-refractivity contribution in [3.63, 3.8) is 0 Å². The van der Waals surface area contributed by atoms with E-state index in [1.165, 1.54) is 0 Å². The number of carbonyl (C=O) groups excluding carboxylic acids is 3. The average molecular weight is 368 g/mol. The Kier molecular flexibility index (Phi) is 7.53. The molecule has 1 aliphatic heterocycles. The van der Waals surface area contributed by atoms with Gasteiger partial charge in [-0.15, -0.1) is 11.6 Å². The van der Waals surface area contributed by atoms with Crippen molar-refractivity contribution in [3.05, 3.63) is 35.9 Å². The average Bonchev–Trinajstić information content (AvgIpc) is 2.65. The maximum absolute atomic E-state index is 12.0. The van der Waals surface area contributed by atoms with Gasteiger partial charge in [-0.25, -0.2) is 4.79 Å². The van der Waals surface area contributed by atoms with E-state index in [2.05, 4.69) is 10.6 Å². The molecule has 25 heavy (non-hydrogen) atoms. The molecule has 8 heteroatoms. The lowest BCUT2D eigenvalue weighted by Gasteiger charge is -2.31. The second-order valence-electron chi connectivity index (χ2n) is 5.68. The quantitative estimate of drug-likeness (QED) is 0.743. The molecule has 1 saturated heterocycles. The van der Waals surface area contributed by atoms with Crippen LogP contribution in [0.1, 0.15) is 23.2 Å². The van der Waals surface area contributed by atoms with Gasteiger partial charge in [0.1, 0.15) is 6.61 Å². The molecule has 2 rings (SSSR count). The minimum absolute atomic E-state index is 0.0156. The third-order valence-electron chi connectivity index (χ3n) is 3.87. The van der Waals surface area contributed by atoms with E-state index in [4.69, 9.17) is 16.3 Å². The predicted octanol–water partition coefficient (Wildman–Crippen LogP) is 1.37. The molecule has 0 atom stereocenters. The molecule has 7 nitrogen and oxygen atoms in total. The minimum Gasteiger partial charge on any atom is -0.448 e. The van der Waals surface area contributed by atoms with Crippen LogP contribution in [0.3, 0.4) is 0 Å². The summed E-state index contributed by atoms with van der Waals surface area (Å²) in [6.45, 7) is 1.15. The highest BCUT2D eigenvalue weighted by molar-refractivity contribution is 6.18. The molecule has 3 amide bonds. The van der Waals surface area contributed by atoms with Crippen LogP contribution >= 0.6 is 11.6 Å². The van der Waals surface area contributed by atoms with Crippen LogP contribution in [0.5, 0.6) is 0 Å². The first-order chi connectivity index (χ1) is 12.1. The van der Waals surface area contributed by atoms with Crippen LogP contribution in [0.25, 0.3) is 0 Å². The van der Waals surface area contributed by atoms with Gasteiger partial charge in [0.25, 0.3) is 5.91 Å². The molecule has 0 aromatic heterocycles. The molecule has 0 bridgehead atoms. The van der Waals surface area contributed by atoms with Gasteiger partial charge in [0, 0.05) is 24.7 Å². The molecule has 1 aliphatic rings. The monoisotopic (exact) mass is 367 g/mol. The summed E-state index contributed by atoms with van der Waals surface area (Å²) in [5.74, 6) is -0.257. The highest BCUT2D eigenvalue weighted by Gasteiger charge is 2.24. The second kappa shape index (κ2) is 9.88. The standard InChI is InChI=1S/C17H22ClN3O4/c18-8-11-25-17(24)21-9-6-14(7-10-21)20-15(22)12-19-16(23)13-4-2-1-3-5-13/h1-5,14H,6-12H2,(H,19,23)(H,20,22).